The van der Waals surface area contributed by atoms with Crippen LogP contribution in [0.5, 0.6) is 0 Å². The molecular formula is C8H17N. The van der Waals surface area contributed by atoms with Gasteiger partial charge in [0.1, 0.15) is 0 Å². The highest BCUT2D eigenvalue weighted by Gasteiger charge is 2.03. The second kappa shape index (κ2) is 4.57. The molecule has 1 atom stereocenters. The van der Waals surface area contributed by atoms with Gasteiger partial charge in [0.25, 0.3) is 0 Å². The lowest BCUT2D eigenvalue weighted by atomic mass is 10.0. The maximum Gasteiger partial charge on any atom is 0.00966 e. The summed E-state index contributed by atoms with van der Waals surface area (Å²) in [5, 5.41) is 0. The Labute approximate surface area is 57.9 Å². The van der Waals surface area contributed by atoms with Gasteiger partial charge in [0.2, 0.25) is 0 Å². The van der Waals surface area contributed by atoms with Crippen molar-refractivity contribution < 1.29 is 0 Å². The minimum atomic E-state index is 0.334. The van der Waals surface area contributed by atoms with Crippen LogP contribution in [0, 0.1) is 5.92 Å². The van der Waals surface area contributed by atoms with E-state index in [1.807, 2.05) is 13.0 Å². The van der Waals surface area contributed by atoms with Crippen LogP contribution in [0.1, 0.15) is 27.2 Å². The first kappa shape index (κ1) is 8.70. The Morgan fingerprint density at radius 1 is 1.44 bits per heavy atom. The van der Waals surface area contributed by atoms with E-state index in [4.69, 9.17) is 5.73 Å². The topological polar surface area (TPSA) is 26.0 Å². The normalized spacial score (nSPS) is 15.2. The number of hydrogen-bond acceptors (Lipinski definition) is 1. The van der Waals surface area contributed by atoms with Crippen LogP contribution in [0.4, 0.5) is 0 Å². The van der Waals surface area contributed by atoms with Gasteiger partial charge in [0, 0.05) is 6.04 Å². The average molecular weight is 127 g/mol. The molecule has 0 radical (unpaired) electrons. The molecular weight excluding hydrogens is 110 g/mol. The highest BCUT2D eigenvalue weighted by molar-refractivity contribution is 4.82. The summed E-state index contributed by atoms with van der Waals surface area (Å²) in [5.41, 5.74) is 5.75. The first-order chi connectivity index (χ1) is 4.18. The summed E-state index contributed by atoms with van der Waals surface area (Å²) >= 11 is 0. The van der Waals surface area contributed by atoms with Gasteiger partial charge in [-0.1, -0.05) is 26.0 Å². The summed E-state index contributed by atoms with van der Waals surface area (Å²) in [6.07, 6.45) is 5.17. The Kier molecular flexibility index (Phi) is 4.41. The van der Waals surface area contributed by atoms with E-state index < -0.39 is 0 Å². The zero-order valence-electron chi connectivity index (χ0n) is 6.59. The van der Waals surface area contributed by atoms with E-state index in [1.54, 1.807) is 0 Å². The Balaban J connectivity index is 3.38. The van der Waals surface area contributed by atoms with Crippen molar-refractivity contribution in [3.05, 3.63) is 12.2 Å². The van der Waals surface area contributed by atoms with Crippen LogP contribution in [0.3, 0.4) is 0 Å². The third-order valence-corrected chi connectivity index (χ3v) is 1.50. The number of allylic oxidation sites excluding steroid dienone is 1. The zero-order valence-corrected chi connectivity index (χ0v) is 6.59. The van der Waals surface area contributed by atoms with Crippen LogP contribution in [0.15, 0.2) is 12.2 Å². The van der Waals surface area contributed by atoms with E-state index in [0.29, 0.717) is 12.0 Å². The summed E-state index contributed by atoms with van der Waals surface area (Å²) in [6.45, 7) is 6.31. The summed E-state index contributed by atoms with van der Waals surface area (Å²) in [4.78, 5) is 0. The van der Waals surface area contributed by atoms with Crippen LogP contribution < -0.4 is 5.73 Å². The van der Waals surface area contributed by atoms with Crippen LogP contribution >= 0.6 is 0 Å². The third kappa shape index (κ3) is 4.22. The minimum Gasteiger partial charge on any atom is -0.327 e. The molecule has 0 aromatic heterocycles. The van der Waals surface area contributed by atoms with E-state index in [0.717, 1.165) is 6.42 Å². The van der Waals surface area contributed by atoms with E-state index in [-0.39, 0.29) is 0 Å². The predicted octanol–water partition coefficient (Wildman–Crippen LogP) is 1.94. The maximum absolute atomic E-state index is 5.75. The number of hydrogen-bond donors (Lipinski definition) is 1. The molecule has 2 N–H and O–H groups in total. The molecule has 0 saturated heterocycles. The van der Waals surface area contributed by atoms with Crippen LogP contribution in [-0.4, -0.2) is 6.04 Å². The minimum absolute atomic E-state index is 0.334. The fourth-order valence-electron chi connectivity index (χ4n) is 0.565. The summed E-state index contributed by atoms with van der Waals surface area (Å²) in [6, 6.07) is 0.334. The molecule has 0 rings (SSSR count). The van der Waals surface area contributed by atoms with Crippen LogP contribution in [0.25, 0.3) is 0 Å². The molecule has 0 aliphatic heterocycles. The smallest absolute Gasteiger partial charge is 0.00966 e. The largest absolute Gasteiger partial charge is 0.327 e. The lowest BCUT2D eigenvalue weighted by molar-refractivity contribution is 0.497. The standard InChI is InChI=1S/C8H17N/c1-4-5-6-8(9)7(2)3/h4-5,7-8H,6,9H2,1-3H3/b5-4-/t8-/m0/s1. The fraction of sp³-hybridized carbons (Fsp3) is 0.750. The number of rotatable bonds is 3. The molecule has 9 heavy (non-hydrogen) atoms. The molecule has 0 bridgehead atoms. The summed E-state index contributed by atoms with van der Waals surface area (Å²) in [7, 11) is 0. The Bertz CT molecular complexity index is 84.6. The van der Waals surface area contributed by atoms with Crippen molar-refractivity contribution in [3.8, 4) is 0 Å². The molecule has 0 aromatic rings. The lowest BCUT2D eigenvalue weighted by Gasteiger charge is -2.11. The predicted molar refractivity (Wildman–Crippen MR) is 42.2 cm³/mol. The second-order valence-electron chi connectivity index (χ2n) is 2.71. The van der Waals surface area contributed by atoms with Crippen LogP contribution in [-0.2, 0) is 0 Å². The first-order valence-electron chi connectivity index (χ1n) is 3.55. The molecule has 1 heteroatoms. The van der Waals surface area contributed by atoms with Gasteiger partial charge >= 0.3 is 0 Å². The van der Waals surface area contributed by atoms with Gasteiger partial charge in [-0.15, -0.1) is 0 Å². The van der Waals surface area contributed by atoms with Crippen molar-refractivity contribution in [1.82, 2.24) is 0 Å². The van der Waals surface area contributed by atoms with E-state index in [1.165, 1.54) is 0 Å². The van der Waals surface area contributed by atoms with Gasteiger partial charge < -0.3 is 5.73 Å². The van der Waals surface area contributed by atoms with Crippen molar-refractivity contribution in [2.24, 2.45) is 11.7 Å². The lowest BCUT2D eigenvalue weighted by Crippen LogP contribution is -2.25. The van der Waals surface area contributed by atoms with Gasteiger partial charge in [-0.3, -0.25) is 0 Å². The zero-order chi connectivity index (χ0) is 7.28. The molecule has 0 aromatic carbocycles. The Hall–Kier alpha value is -0.300. The average Bonchev–Trinajstić information content (AvgIpc) is 1.82. The van der Waals surface area contributed by atoms with E-state index in [9.17, 15) is 0 Å². The van der Waals surface area contributed by atoms with Crippen molar-refractivity contribution in [3.63, 3.8) is 0 Å². The van der Waals surface area contributed by atoms with E-state index >= 15 is 0 Å². The Morgan fingerprint density at radius 3 is 2.33 bits per heavy atom. The monoisotopic (exact) mass is 127 g/mol. The molecule has 0 heterocycles. The highest BCUT2D eigenvalue weighted by Crippen LogP contribution is 2.02. The molecule has 0 aliphatic carbocycles. The van der Waals surface area contributed by atoms with Gasteiger partial charge in [-0.2, -0.15) is 0 Å². The fourth-order valence-corrected chi connectivity index (χ4v) is 0.565. The van der Waals surface area contributed by atoms with E-state index in [2.05, 4.69) is 19.9 Å². The van der Waals surface area contributed by atoms with Gasteiger partial charge in [0.05, 0.1) is 0 Å². The quantitative estimate of drug-likeness (QED) is 0.576. The van der Waals surface area contributed by atoms with Crippen LogP contribution in [0.2, 0.25) is 0 Å². The van der Waals surface area contributed by atoms with Gasteiger partial charge in [-0.05, 0) is 19.3 Å². The second-order valence-corrected chi connectivity index (χ2v) is 2.71. The first-order valence-corrected chi connectivity index (χ1v) is 3.55. The molecule has 0 saturated carbocycles. The van der Waals surface area contributed by atoms with Crippen molar-refractivity contribution in [2.45, 2.75) is 33.2 Å². The molecule has 1 nitrogen and oxygen atoms in total. The van der Waals surface area contributed by atoms with Crippen molar-refractivity contribution >= 4 is 0 Å². The highest BCUT2D eigenvalue weighted by atomic mass is 14.6. The molecule has 0 aliphatic rings. The molecule has 0 fully saturated rings. The molecule has 0 amide bonds. The van der Waals surface area contributed by atoms with Crippen molar-refractivity contribution in [1.29, 1.82) is 0 Å². The number of nitrogens with two attached hydrogens (primary N) is 1. The SMILES string of the molecule is C/C=C\C[C@H](N)C(C)C. The third-order valence-electron chi connectivity index (χ3n) is 1.50. The molecule has 0 unspecified atom stereocenters. The van der Waals surface area contributed by atoms with Gasteiger partial charge in [0.15, 0.2) is 0 Å². The molecule has 0 spiro atoms. The summed E-state index contributed by atoms with van der Waals surface area (Å²) in [5.74, 6) is 0.598. The Morgan fingerprint density at radius 2 is 2.00 bits per heavy atom. The molecule has 54 valence electrons. The van der Waals surface area contributed by atoms with Gasteiger partial charge in [-0.25, -0.2) is 0 Å². The van der Waals surface area contributed by atoms with Crippen molar-refractivity contribution in [2.75, 3.05) is 0 Å². The maximum atomic E-state index is 5.75. The summed E-state index contributed by atoms with van der Waals surface area (Å²) < 4.78 is 0.